The molecule has 7 nitrogen and oxygen atoms in total. The lowest BCUT2D eigenvalue weighted by atomic mass is 9.96. The fourth-order valence-corrected chi connectivity index (χ4v) is 6.13. The standard InChI is InChI=1S/C29H25BrN2O5S/c1-5-36-28(34)25-17(3)31-29-32(26(25)18-7-9-19(35-4)10-8-18)27(33)24(38-29)15-20-11-13-23(37-20)21-12-6-16(2)14-22(21)30/h6-15,26H,5H2,1-4H3/b24-15-. The van der Waals surface area contributed by atoms with E-state index in [4.69, 9.17) is 13.9 Å². The van der Waals surface area contributed by atoms with Gasteiger partial charge < -0.3 is 13.9 Å². The van der Waals surface area contributed by atoms with E-state index in [2.05, 4.69) is 20.9 Å². The lowest BCUT2D eigenvalue weighted by Gasteiger charge is -2.24. The smallest absolute Gasteiger partial charge is 0.338 e. The van der Waals surface area contributed by atoms with Crippen LogP contribution in [0.1, 0.15) is 36.8 Å². The lowest BCUT2D eigenvalue weighted by molar-refractivity contribution is -0.139. The number of benzene rings is 2. The molecule has 38 heavy (non-hydrogen) atoms. The second-order valence-corrected chi connectivity index (χ2v) is 10.6. The molecule has 3 heterocycles. The highest BCUT2D eigenvalue weighted by Gasteiger charge is 2.33. The molecule has 4 aromatic rings. The van der Waals surface area contributed by atoms with Crippen LogP contribution in [-0.2, 0) is 9.53 Å². The van der Waals surface area contributed by atoms with E-state index in [9.17, 15) is 9.59 Å². The Kier molecular flexibility index (Phi) is 7.23. The van der Waals surface area contributed by atoms with E-state index in [1.807, 2.05) is 49.4 Å². The summed E-state index contributed by atoms with van der Waals surface area (Å²) in [7, 11) is 1.59. The van der Waals surface area contributed by atoms with Crippen LogP contribution in [0.4, 0.5) is 0 Å². The Labute approximate surface area is 231 Å². The molecule has 1 aliphatic heterocycles. The first kappa shape index (κ1) is 25.9. The van der Waals surface area contributed by atoms with E-state index in [1.165, 1.54) is 11.3 Å². The SMILES string of the molecule is CCOC(=O)C1=C(C)N=c2s/c(=C\c3ccc(-c4ccc(C)cc4Br)o3)c(=O)n2C1c1ccc(OC)cc1. The van der Waals surface area contributed by atoms with Crippen LogP contribution in [0.5, 0.6) is 5.75 Å². The van der Waals surface area contributed by atoms with Crippen molar-refractivity contribution in [2.45, 2.75) is 26.8 Å². The third kappa shape index (κ3) is 4.79. The van der Waals surface area contributed by atoms with E-state index in [0.29, 0.717) is 37.9 Å². The maximum absolute atomic E-state index is 13.8. The minimum absolute atomic E-state index is 0.216. The van der Waals surface area contributed by atoms with Gasteiger partial charge in [-0.1, -0.05) is 45.5 Å². The summed E-state index contributed by atoms with van der Waals surface area (Å²) in [5.74, 6) is 1.41. The average molecular weight is 593 g/mol. The van der Waals surface area contributed by atoms with Crippen molar-refractivity contribution in [3.05, 3.63) is 107 Å². The summed E-state index contributed by atoms with van der Waals surface area (Å²) in [5, 5.41) is 0. The number of nitrogens with zero attached hydrogens (tertiary/aromatic N) is 2. The predicted molar refractivity (Wildman–Crippen MR) is 150 cm³/mol. The molecular weight excluding hydrogens is 568 g/mol. The summed E-state index contributed by atoms with van der Waals surface area (Å²) >= 11 is 4.85. The van der Waals surface area contributed by atoms with Crippen molar-refractivity contribution in [2.24, 2.45) is 4.99 Å². The highest BCUT2D eigenvalue weighted by atomic mass is 79.9. The molecular formula is C29H25BrN2O5S. The Morgan fingerprint density at radius 2 is 1.92 bits per heavy atom. The number of allylic oxidation sites excluding steroid dienone is 1. The Hall–Kier alpha value is -3.69. The first-order valence-electron chi connectivity index (χ1n) is 12.0. The number of hydrogen-bond donors (Lipinski definition) is 0. The molecule has 0 aliphatic carbocycles. The largest absolute Gasteiger partial charge is 0.497 e. The number of rotatable bonds is 6. The summed E-state index contributed by atoms with van der Waals surface area (Å²) in [6.07, 6.45) is 1.71. The van der Waals surface area contributed by atoms with Gasteiger partial charge in [0.15, 0.2) is 4.80 Å². The zero-order valence-electron chi connectivity index (χ0n) is 21.3. The first-order chi connectivity index (χ1) is 18.3. The molecule has 0 fully saturated rings. The third-order valence-electron chi connectivity index (χ3n) is 6.24. The maximum atomic E-state index is 13.8. The van der Waals surface area contributed by atoms with Crippen LogP contribution < -0.4 is 19.6 Å². The number of ether oxygens (including phenoxy) is 2. The second kappa shape index (κ2) is 10.6. The summed E-state index contributed by atoms with van der Waals surface area (Å²) in [6.45, 7) is 5.75. The number of esters is 1. The van der Waals surface area contributed by atoms with Crippen LogP contribution in [0, 0.1) is 6.92 Å². The van der Waals surface area contributed by atoms with E-state index in [1.54, 1.807) is 43.7 Å². The number of hydrogen-bond acceptors (Lipinski definition) is 7. The van der Waals surface area contributed by atoms with Gasteiger partial charge >= 0.3 is 5.97 Å². The Morgan fingerprint density at radius 3 is 2.61 bits per heavy atom. The quantitative estimate of drug-likeness (QED) is 0.290. The van der Waals surface area contributed by atoms with E-state index in [0.717, 1.165) is 21.2 Å². The number of fused-ring (bicyclic) bond motifs is 1. The number of thiazole rings is 1. The van der Waals surface area contributed by atoms with Crippen LogP contribution in [0.25, 0.3) is 17.4 Å². The highest BCUT2D eigenvalue weighted by Crippen LogP contribution is 2.32. The third-order valence-corrected chi connectivity index (χ3v) is 7.88. The van der Waals surface area contributed by atoms with Crippen LogP contribution in [0.3, 0.4) is 0 Å². The molecule has 0 bridgehead atoms. The normalized spacial score (nSPS) is 15.3. The Morgan fingerprint density at radius 1 is 1.16 bits per heavy atom. The average Bonchev–Trinajstić information content (AvgIpc) is 3.47. The van der Waals surface area contributed by atoms with Crippen molar-refractivity contribution in [2.75, 3.05) is 13.7 Å². The van der Waals surface area contributed by atoms with Crippen molar-refractivity contribution in [3.63, 3.8) is 0 Å². The second-order valence-electron chi connectivity index (χ2n) is 8.76. The van der Waals surface area contributed by atoms with E-state index in [-0.39, 0.29) is 12.2 Å². The van der Waals surface area contributed by atoms with Gasteiger partial charge in [-0.15, -0.1) is 0 Å². The molecule has 1 aliphatic rings. The number of halogens is 1. The van der Waals surface area contributed by atoms with Gasteiger partial charge in [-0.2, -0.15) is 0 Å². The Bertz CT molecular complexity index is 1740. The molecule has 5 rings (SSSR count). The molecule has 2 aromatic heterocycles. The summed E-state index contributed by atoms with van der Waals surface area (Å²) in [5.41, 5.74) is 3.39. The number of carbonyl (C=O) groups excluding carboxylic acids is 1. The molecule has 1 unspecified atom stereocenters. The van der Waals surface area contributed by atoms with Crippen LogP contribution in [0.15, 0.2) is 84.5 Å². The molecule has 0 amide bonds. The van der Waals surface area contributed by atoms with Gasteiger partial charge in [0.05, 0.1) is 35.6 Å². The zero-order valence-corrected chi connectivity index (χ0v) is 23.7. The van der Waals surface area contributed by atoms with Gasteiger partial charge in [0.25, 0.3) is 5.56 Å². The van der Waals surface area contributed by atoms with Crippen molar-refractivity contribution in [1.29, 1.82) is 0 Å². The minimum atomic E-state index is -0.686. The fraction of sp³-hybridized carbons (Fsp3) is 0.207. The predicted octanol–water partition coefficient (Wildman–Crippen LogP) is 5.14. The molecule has 194 valence electrons. The molecule has 0 N–H and O–H groups in total. The van der Waals surface area contributed by atoms with Crippen molar-refractivity contribution in [3.8, 4) is 17.1 Å². The monoisotopic (exact) mass is 592 g/mol. The number of aromatic nitrogens is 1. The molecule has 1 atom stereocenters. The number of furan rings is 1. The van der Waals surface area contributed by atoms with Crippen LogP contribution in [0.2, 0.25) is 0 Å². The topological polar surface area (TPSA) is 83.0 Å². The van der Waals surface area contributed by atoms with Gasteiger partial charge in [0, 0.05) is 16.1 Å². The van der Waals surface area contributed by atoms with Crippen LogP contribution in [-0.4, -0.2) is 24.3 Å². The molecule has 0 spiro atoms. The number of methoxy groups -OCH3 is 1. The molecule has 9 heteroatoms. The van der Waals surface area contributed by atoms with Gasteiger partial charge in [-0.25, -0.2) is 9.79 Å². The number of aryl methyl sites for hydroxylation is 1. The number of carbonyl (C=O) groups is 1. The van der Waals surface area contributed by atoms with Crippen LogP contribution >= 0.6 is 27.3 Å². The van der Waals surface area contributed by atoms with Crippen molar-refractivity contribution >= 4 is 39.3 Å². The lowest BCUT2D eigenvalue weighted by Crippen LogP contribution is -2.39. The fourth-order valence-electron chi connectivity index (χ4n) is 4.42. The molecule has 0 saturated carbocycles. The zero-order chi connectivity index (χ0) is 27.0. The van der Waals surface area contributed by atoms with E-state index < -0.39 is 12.0 Å². The highest BCUT2D eigenvalue weighted by molar-refractivity contribution is 9.10. The first-order valence-corrected chi connectivity index (χ1v) is 13.6. The molecule has 2 aromatic carbocycles. The summed E-state index contributed by atoms with van der Waals surface area (Å²) < 4.78 is 19.6. The van der Waals surface area contributed by atoms with Gasteiger partial charge in [-0.05, 0) is 68.3 Å². The Balaban J connectivity index is 1.63. The van der Waals surface area contributed by atoms with Gasteiger partial charge in [0.1, 0.15) is 17.3 Å². The summed E-state index contributed by atoms with van der Waals surface area (Å²) in [4.78, 5) is 31.9. The van der Waals surface area contributed by atoms with Gasteiger partial charge in [-0.3, -0.25) is 9.36 Å². The van der Waals surface area contributed by atoms with Crippen molar-refractivity contribution < 1.29 is 18.7 Å². The summed E-state index contributed by atoms with van der Waals surface area (Å²) in [6, 6.07) is 16.3. The molecule has 0 saturated heterocycles. The maximum Gasteiger partial charge on any atom is 0.338 e. The van der Waals surface area contributed by atoms with Crippen molar-refractivity contribution in [1.82, 2.24) is 4.57 Å². The van der Waals surface area contributed by atoms with Gasteiger partial charge in [0.2, 0.25) is 0 Å². The molecule has 0 radical (unpaired) electrons. The minimum Gasteiger partial charge on any atom is -0.497 e. The van der Waals surface area contributed by atoms with E-state index >= 15 is 0 Å².